The zero-order valence-corrected chi connectivity index (χ0v) is 14.0. The van der Waals surface area contributed by atoms with Gasteiger partial charge in [0, 0.05) is 5.56 Å². The van der Waals surface area contributed by atoms with Gasteiger partial charge in [-0.2, -0.15) is 0 Å². The summed E-state index contributed by atoms with van der Waals surface area (Å²) in [6.45, 7) is 2.56. The van der Waals surface area contributed by atoms with Crippen molar-refractivity contribution in [3.8, 4) is 5.75 Å². The molecule has 1 atom stereocenters. The Morgan fingerprint density at radius 1 is 1.37 bits per heavy atom. The SMILES string of the molecule is CCOc1ccc(C(N)c2cc(Cl)sc2Cl)cc1Br. The number of hydrogen-bond acceptors (Lipinski definition) is 3. The van der Waals surface area contributed by atoms with Gasteiger partial charge in [-0.1, -0.05) is 29.3 Å². The van der Waals surface area contributed by atoms with Crippen molar-refractivity contribution in [2.45, 2.75) is 13.0 Å². The molecule has 1 heterocycles. The first-order chi connectivity index (χ1) is 9.02. The lowest BCUT2D eigenvalue weighted by Gasteiger charge is -2.13. The summed E-state index contributed by atoms with van der Waals surface area (Å²) in [5.74, 6) is 0.799. The summed E-state index contributed by atoms with van der Waals surface area (Å²) < 4.78 is 7.61. The molecule has 0 spiro atoms. The molecule has 0 aliphatic carbocycles. The largest absolute Gasteiger partial charge is 0.493 e. The molecule has 0 fully saturated rings. The van der Waals surface area contributed by atoms with Gasteiger partial charge in [-0.3, -0.25) is 0 Å². The normalized spacial score (nSPS) is 12.5. The van der Waals surface area contributed by atoms with E-state index in [2.05, 4.69) is 15.9 Å². The Bertz CT molecular complexity index is 588. The highest BCUT2D eigenvalue weighted by Crippen LogP contribution is 2.37. The van der Waals surface area contributed by atoms with Crippen LogP contribution in [0.1, 0.15) is 24.1 Å². The van der Waals surface area contributed by atoms with Crippen LogP contribution in [0.3, 0.4) is 0 Å². The number of hydrogen-bond donors (Lipinski definition) is 1. The standard InChI is InChI=1S/C13H12BrCl2NOS/c1-2-18-10-4-3-7(5-9(10)14)12(17)8-6-11(15)19-13(8)16/h3-6,12H,2,17H2,1H3. The molecule has 2 aromatic rings. The third kappa shape index (κ3) is 3.44. The van der Waals surface area contributed by atoms with Crippen molar-refractivity contribution in [3.63, 3.8) is 0 Å². The van der Waals surface area contributed by atoms with Gasteiger partial charge in [0.05, 0.1) is 25.8 Å². The van der Waals surface area contributed by atoms with Crippen LogP contribution in [0.4, 0.5) is 0 Å². The van der Waals surface area contributed by atoms with E-state index in [0.717, 1.165) is 21.3 Å². The molecule has 2 nitrogen and oxygen atoms in total. The highest BCUT2D eigenvalue weighted by molar-refractivity contribution is 9.10. The first kappa shape index (κ1) is 15.1. The fraction of sp³-hybridized carbons (Fsp3) is 0.231. The van der Waals surface area contributed by atoms with Gasteiger partial charge in [0.25, 0.3) is 0 Å². The number of rotatable bonds is 4. The Morgan fingerprint density at radius 2 is 2.11 bits per heavy atom. The summed E-state index contributed by atoms with van der Waals surface area (Å²) in [7, 11) is 0. The maximum atomic E-state index is 6.23. The van der Waals surface area contributed by atoms with Crippen LogP contribution >= 0.6 is 50.5 Å². The third-order valence-electron chi connectivity index (χ3n) is 2.63. The van der Waals surface area contributed by atoms with Crippen molar-refractivity contribution >= 4 is 50.5 Å². The zero-order valence-electron chi connectivity index (χ0n) is 10.1. The lowest BCUT2D eigenvalue weighted by Crippen LogP contribution is -2.11. The molecular weight excluding hydrogens is 369 g/mol. The predicted octanol–water partition coefficient (Wildman–Crippen LogP) is 5.26. The maximum absolute atomic E-state index is 6.23. The summed E-state index contributed by atoms with van der Waals surface area (Å²) >= 11 is 16.9. The van der Waals surface area contributed by atoms with Crippen molar-refractivity contribution < 1.29 is 4.74 Å². The van der Waals surface area contributed by atoms with E-state index >= 15 is 0 Å². The number of halogens is 3. The minimum absolute atomic E-state index is 0.303. The maximum Gasteiger partial charge on any atom is 0.133 e. The zero-order chi connectivity index (χ0) is 14.0. The van der Waals surface area contributed by atoms with E-state index in [9.17, 15) is 0 Å². The molecule has 2 N–H and O–H groups in total. The van der Waals surface area contributed by atoms with E-state index in [4.69, 9.17) is 33.7 Å². The molecule has 0 aliphatic heterocycles. The number of ether oxygens (including phenoxy) is 1. The van der Waals surface area contributed by atoms with Gasteiger partial charge < -0.3 is 10.5 Å². The molecule has 0 saturated carbocycles. The molecule has 6 heteroatoms. The fourth-order valence-electron chi connectivity index (χ4n) is 1.73. The lowest BCUT2D eigenvalue weighted by molar-refractivity contribution is 0.338. The summed E-state index contributed by atoms with van der Waals surface area (Å²) in [6.07, 6.45) is 0. The Labute approximate surface area is 134 Å². The van der Waals surface area contributed by atoms with Crippen molar-refractivity contribution in [3.05, 3.63) is 48.5 Å². The smallest absolute Gasteiger partial charge is 0.133 e. The second-order valence-corrected chi connectivity index (χ2v) is 7.02. The van der Waals surface area contributed by atoms with Crippen LogP contribution in [0.2, 0.25) is 8.67 Å². The summed E-state index contributed by atoms with van der Waals surface area (Å²) in [4.78, 5) is 0. The monoisotopic (exact) mass is 379 g/mol. The van der Waals surface area contributed by atoms with Crippen LogP contribution in [-0.4, -0.2) is 6.61 Å². The second-order valence-electron chi connectivity index (χ2n) is 3.88. The van der Waals surface area contributed by atoms with E-state index < -0.39 is 0 Å². The second kappa shape index (κ2) is 6.46. The highest BCUT2D eigenvalue weighted by Gasteiger charge is 2.16. The molecule has 0 bridgehead atoms. The van der Waals surface area contributed by atoms with E-state index in [1.165, 1.54) is 11.3 Å². The van der Waals surface area contributed by atoms with Crippen molar-refractivity contribution in [1.82, 2.24) is 0 Å². The van der Waals surface area contributed by atoms with Crippen LogP contribution in [0.15, 0.2) is 28.7 Å². The Hall–Kier alpha value is -0.260. The average Bonchev–Trinajstić information content (AvgIpc) is 2.70. The van der Waals surface area contributed by atoms with E-state index in [-0.39, 0.29) is 6.04 Å². The molecule has 19 heavy (non-hydrogen) atoms. The van der Waals surface area contributed by atoms with Gasteiger partial charge in [-0.15, -0.1) is 11.3 Å². The Balaban J connectivity index is 2.31. The molecule has 1 aromatic carbocycles. The van der Waals surface area contributed by atoms with Crippen LogP contribution in [0.5, 0.6) is 5.75 Å². The minimum atomic E-state index is -0.303. The molecule has 102 valence electrons. The van der Waals surface area contributed by atoms with Gasteiger partial charge in [0.2, 0.25) is 0 Å². The molecule has 2 rings (SSSR count). The van der Waals surface area contributed by atoms with E-state index in [1.807, 2.05) is 31.2 Å². The quantitative estimate of drug-likeness (QED) is 0.784. The number of thiophene rings is 1. The molecule has 0 saturated heterocycles. The average molecular weight is 381 g/mol. The Morgan fingerprint density at radius 3 is 2.63 bits per heavy atom. The van der Waals surface area contributed by atoms with Crippen LogP contribution < -0.4 is 10.5 Å². The molecule has 0 radical (unpaired) electrons. The molecule has 1 unspecified atom stereocenters. The molecule has 1 aromatic heterocycles. The summed E-state index contributed by atoms with van der Waals surface area (Å²) in [5, 5.41) is 0. The van der Waals surface area contributed by atoms with E-state index in [0.29, 0.717) is 15.3 Å². The van der Waals surface area contributed by atoms with Gasteiger partial charge in [0.1, 0.15) is 5.75 Å². The van der Waals surface area contributed by atoms with Gasteiger partial charge in [-0.25, -0.2) is 0 Å². The molecule has 0 aliphatic rings. The number of benzene rings is 1. The molecule has 0 amide bonds. The van der Waals surface area contributed by atoms with Crippen LogP contribution in [0.25, 0.3) is 0 Å². The third-order valence-corrected chi connectivity index (χ3v) is 4.77. The lowest BCUT2D eigenvalue weighted by atomic mass is 10.0. The minimum Gasteiger partial charge on any atom is -0.493 e. The van der Waals surface area contributed by atoms with Gasteiger partial charge >= 0.3 is 0 Å². The van der Waals surface area contributed by atoms with Crippen molar-refractivity contribution in [2.24, 2.45) is 5.73 Å². The summed E-state index contributed by atoms with van der Waals surface area (Å²) in [6, 6.07) is 7.27. The van der Waals surface area contributed by atoms with Crippen molar-refractivity contribution in [1.29, 1.82) is 0 Å². The Kier molecular flexibility index (Phi) is 5.15. The van der Waals surface area contributed by atoms with Crippen LogP contribution in [0, 0.1) is 0 Å². The van der Waals surface area contributed by atoms with E-state index in [1.54, 1.807) is 0 Å². The van der Waals surface area contributed by atoms with Gasteiger partial charge in [-0.05, 0) is 46.6 Å². The molecular formula is C13H12BrCl2NOS. The topological polar surface area (TPSA) is 35.2 Å². The van der Waals surface area contributed by atoms with Gasteiger partial charge in [0.15, 0.2) is 0 Å². The highest BCUT2D eigenvalue weighted by atomic mass is 79.9. The first-order valence-corrected chi connectivity index (χ1v) is 8.02. The fourth-order valence-corrected chi connectivity index (χ4v) is 3.79. The summed E-state index contributed by atoms with van der Waals surface area (Å²) in [5.41, 5.74) is 8.02. The predicted molar refractivity (Wildman–Crippen MR) is 85.7 cm³/mol. The first-order valence-electron chi connectivity index (χ1n) is 5.65. The van der Waals surface area contributed by atoms with Crippen LogP contribution in [-0.2, 0) is 0 Å². The number of nitrogens with two attached hydrogens (primary N) is 1. The van der Waals surface area contributed by atoms with Crippen molar-refractivity contribution in [2.75, 3.05) is 6.61 Å².